The maximum absolute atomic E-state index is 11.2. The molecule has 2 rings (SSSR count). The number of ether oxygens (including phenoxy) is 1. The van der Waals surface area contributed by atoms with Crippen LogP contribution in [0.5, 0.6) is 0 Å². The van der Waals surface area contributed by atoms with Crippen LogP contribution in [0.4, 0.5) is 0 Å². The van der Waals surface area contributed by atoms with Crippen LogP contribution in [0.25, 0.3) is 0 Å². The highest BCUT2D eigenvalue weighted by atomic mass is 16.5. The first-order valence-electron chi connectivity index (χ1n) is 6.46. The average molecular weight is 257 g/mol. The van der Waals surface area contributed by atoms with Crippen molar-refractivity contribution in [3.63, 3.8) is 0 Å². The Kier molecular flexibility index (Phi) is 4.39. The van der Waals surface area contributed by atoms with Crippen molar-refractivity contribution in [3.05, 3.63) is 59.4 Å². The summed E-state index contributed by atoms with van der Waals surface area (Å²) >= 11 is 0. The summed E-state index contributed by atoms with van der Waals surface area (Å²) in [6, 6.07) is 14.5. The van der Waals surface area contributed by atoms with E-state index in [0.717, 1.165) is 6.54 Å². The van der Waals surface area contributed by atoms with Crippen molar-refractivity contribution in [1.29, 1.82) is 0 Å². The smallest absolute Gasteiger partial charge is 0.305 e. The number of hydrogen-bond acceptors (Lipinski definition) is 2. The lowest BCUT2D eigenvalue weighted by atomic mass is 10.2. The first-order chi connectivity index (χ1) is 9.20. The first-order valence-corrected chi connectivity index (χ1v) is 6.46. The summed E-state index contributed by atoms with van der Waals surface area (Å²) in [4.78, 5) is 11.2. The van der Waals surface area contributed by atoms with E-state index in [2.05, 4.69) is 40.5 Å². The third-order valence-electron chi connectivity index (χ3n) is 3.29. The van der Waals surface area contributed by atoms with Gasteiger partial charge in [0.25, 0.3) is 0 Å². The molecule has 1 heterocycles. The van der Waals surface area contributed by atoms with E-state index in [1.165, 1.54) is 24.1 Å². The minimum absolute atomic E-state index is 0.162. The van der Waals surface area contributed by atoms with E-state index in [1.54, 1.807) is 0 Å². The minimum Gasteiger partial charge on any atom is -0.469 e. The molecule has 0 N–H and O–H groups in total. The van der Waals surface area contributed by atoms with Crippen LogP contribution in [-0.2, 0) is 22.5 Å². The molecule has 0 aliphatic rings. The van der Waals surface area contributed by atoms with Crippen LogP contribution in [0.2, 0.25) is 0 Å². The van der Waals surface area contributed by atoms with Crippen LogP contribution in [0.1, 0.15) is 23.4 Å². The minimum atomic E-state index is -0.162. The van der Waals surface area contributed by atoms with Crippen LogP contribution in [0.3, 0.4) is 0 Å². The van der Waals surface area contributed by atoms with Crippen molar-refractivity contribution < 1.29 is 9.53 Å². The van der Waals surface area contributed by atoms with Gasteiger partial charge in [-0.3, -0.25) is 4.79 Å². The van der Waals surface area contributed by atoms with E-state index in [0.29, 0.717) is 12.8 Å². The third kappa shape index (κ3) is 3.47. The third-order valence-corrected chi connectivity index (χ3v) is 3.29. The molecule has 0 amide bonds. The number of aryl methyl sites for hydroxylation is 2. The van der Waals surface area contributed by atoms with Gasteiger partial charge in [-0.15, -0.1) is 0 Å². The molecular weight excluding hydrogens is 238 g/mol. The van der Waals surface area contributed by atoms with Gasteiger partial charge in [0.1, 0.15) is 0 Å². The van der Waals surface area contributed by atoms with Gasteiger partial charge < -0.3 is 9.30 Å². The highest BCUT2D eigenvalue weighted by molar-refractivity contribution is 5.69. The zero-order valence-corrected chi connectivity index (χ0v) is 11.4. The molecule has 2 aromatic rings. The molecule has 0 bridgehead atoms. The Labute approximate surface area is 113 Å². The average Bonchev–Trinajstić information content (AvgIpc) is 2.78. The molecule has 0 fully saturated rings. The number of nitrogens with zero attached hydrogens (tertiary/aromatic N) is 1. The second kappa shape index (κ2) is 6.23. The summed E-state index contributed by atoms with van der Waals surface area (Å²) in [5.41, 5.74) is 3.65. The van der Waals surface area contributed by atoms with Gasteiger partial charge in [0, 0.05) is 17.9 Å². The number of rotatable bonds is 5. The molecule has 19 heavy (non-hydrogen) atoms. The Hall–Kier alpha value is -2.03. The van der Waals surface area contributed by atoms with E-state index < -0.39 is 0 Å². The lowest BCUT2D eigenvalue weighted by Gasteiger charge is -2.11. The summed E-state index contributed by atoms with van der Waals surface area (Å²) in [7, 11) is 1.43. The lowest BCUT2D eigenvalue weighted by Crippen LogP contribution is -2.09. The second-order valence-corrected chi connectivity index (χ2v) is 4.61. The summed E-state index contributed by atoms with van der Waals surface area (Å²) in [5.74, 6) is -0.162. The maximum Gasteiger partial charge on any atom is 0.305 e. The Bertz CT molecular complexity index is 543. The summed E-state index contributed by atoms with van der Waals surface area (Å²) < 4.78 is 6.94. The van der Waals surface area contributed by atoms with Crippen LogP contribution in [-0.4, -0.2) is 17.6 Å². The van der Waals surface area contributed by atoms with E-state index in [-0.39, 0.29) is 5.97 Å². The van der Waals surface area contributed by atoms with E-state index in [9.17, 15) is 4.79 Å². The maximum atomic E-state index is 11.2. The molecule has 1 aromatic carbocycles. The zero-order valence-electron chi connectivity index (χ0n) is 11.4. The Morgan fingerprint density at radius 1 is 1.16 bits per heavy atom. The van der Waals surface area contributed by atoms with E-state index >= 15 is 0 Å². The molecule has 0 saturated carbocycles. The second-order valence-electron chi connectivity index (χ2n) is 4.61. The molecule has 1 aromatic heterocycles. The predicted octanol–water partition coefficient (Wildman–Crippen LogP) is 2.95. The van der Waals surface area contributed by atoms with Crippen LogP contribution in [0.15, 0.2) is 42.5 Å². The molecule has 3 heteroatoms. The van der Waals surface area contributed by atoms with Crippen molar-refractivity contribution in [2.24, 2.45) is 0 Å². The lowest BCUT2D eigenvalue weighted by molar-refractivity contribution is -0.140. The van der Waals surface area contributed by atoms with Crippen LogP contribution >= 0.6 is 0 Å². The van der Waals surface area contributed by atoms with Crippen molar-refractivity contribution in [2.75, 3.05) is 7.11 Å². The van der Waals surface area contributed by atoms with Gasteiger partial charge in [0.05, 0.1) is 13.5 Å². The largest absolute Gasteiger partial charge is 0.469 e. The highest BCUT2D eigenvalue weighted by Crippen LogP contribution is 2.14. The summed E-state index contributed by atoms with van der Waals surface area (Å²) in [6.07, 6.45) is 1.14. The van der Waals surface area contributed by atoms with Gasteiger partial charge in [0.2, 0.25) is 0 Å². The fourth-order valence-electron chi connectivity index (χ4n) is 2.17. The van der Waals surface area contributed by atoms with Gasteiger partial charge in [-0.05, 0) is 31.0 Å². The number of esters is 1. The topological polar surface area (TPSA) is 31.2 Å². The predicted molar refractivity (Wildman–Crippen MR) is 75.1 cm³/mol. The standard InChI is InChI=1S/C16H19NO2/c1-13-8-9-15(10-11-16(18)19-2)17(13)12-14-6-4-3-5-7-14/h3-9H,10-12H2,1-2H3. The van der Waals surface area contributed by atoms with Gasteiger partial charge in [-0.25, -0.2) is 0 Å². The molecule has 0 unspecified atom stereocenters. The zero-order chi connectivity index (χ0) is 13.7. The molecule has 0 spiro atoms. The molecule has 100 valence electrons. The quantitative estimate of drug-likeness (QED) is 0.771. The molecule has 0 radical (unpaired) electrons. The fourth-order valence-corrected chi connectivity index (χ4v) is 2.17. The van der Waals surface area contributed by atoms with E-state index in [4.69, 9.17) is 0 Å². The number of aromatic nitrogens is 1. The Morgan fingerprint density at radius 2 is 1.89 bits per heavy atom. The van der Waals surface area contributed by atoms with Gasteiger partial charge >= 0.3 is 5.97 Å². The van der Waals surface area contributed by atoms with Crippen molar-refractivity contribution >= 4 is 5.97 Å². The van der Waals surface area contributed by atoms with Crippen molar-refractivity contribution in [2.45, 2.75) is 26.3 Å². The van der Waals surface area contributed by atoms with E-state index in [1.807, 2.05) is 18.2 Å². The summed E-state index contributed by atoms with van der Waals surface area (Å²) in [6.45, 7) is 2.93. The Balaban J connectivity index is 2.11. The fraction of sp³-hybridized carbons (Fsp3) is 0.312. The van der Waals surface area contributed by atoms with Crippen LogP contribution < -0.4 is 0 Å². The van der Waals surface area contributed by atoms with Gasteiger partial charge in [0.15, 0.2) is 0 Å². The van der Waals surface area contributed by atoms with Gasteiger partial charge in [-0.2, -0.15) is 0 Å². The molecule has 0 saturated heterocycles. The molecule has 0 aliphatic carbocycles. The van der Waals surface area contributed by atoms with Crippen molar-refractivity contribution in [3.8, 4) is 0 Å². The highest BCUT2D eigenvalue weighted by Gasteiger charge is 2.08. The first kappa shape index (κ1) is 13.4. The molecule has 0 aliphatic heterocycles. The molecular formula is C16H19NO2. The molecule has 3 nitrogen and oxygen atoms in total. The Morgan fingerprint density at radius 3 is 2.58 bits per heavy atom. The van der Waals surface area contributed by atoms with Gasteiger partial charge in [-0.1, -0.05) is 30.3 Å². The number of benzene rings is 1. The SMILES string of the molecule is COC(=O)CCc1ccc(C)n1Cc1ccccc1. The number of methoxy groups -OCH3 is 1. The van der Waals surface area contributed by atoms with Crippen LogP contribution in [0, 0.1) is 6.92 Å². The monoisotopic (exact) mass is 257 g/mol. The number of hydrogen-bond donors (Lipinski definition) is 0. The number of carbonyl (C=O) groups is 1. The number of carbonyl (C=O) groups excluding carboxylic acids is 1. The normalized spacial score (nSPS) is 10.4. The summed E-state index contributed by atoms with van der Waals surface area (Å²) in [5, 5.41) is 0. The van der Waals surface area contributed by atoms with Crippen molar-refractivity contribution in [1.82, 2.24) is 4.57 Å². The molecule has 0 atom stereocenters.